The number of para-hydroxylation sites is 2. The fourth-order valence-corrected chi connectivity index (χ4v) is 3.19. The molecule has 3 aromatic rings. The third-order valence-corrected chi connectivity index (χ3v) is 4.54. The molecule has 0 aliphatic carbocycles. The number of carbonyl (C=O) groups is 1. The number of rotatable bonds is 4. The van der Waals surface area contributed by atoms with Crippen LogP contribution < -0.4 is 16.4 Å². The van der Waals surface area contributed by atoms with Crippen molar-refractivity contribution in [3.05, 3.63) is 70.9 Å². The molecule has 0 fully saturated rings. The van der Waals surface area contributed by atoms with E-state index < -0.39 is 11.7 Å². The largest absolute Gasteiger partial charge is 0.396 e. The summed E-state index contributed by atoms with van der Waals surface area (Å²) in [5, 5.41) is 15.4. The van der Waals surface area contributed by atoms with Crippen LogP contribution in [0.1, 0.15) is 15.2 Å². The first kappa shape index (κ1) is 16.5. The smallest absolute Gasteiger partial charge is 0.268 e. The van der Waals surface area contributed by atoms with Crippen molar-refractivity contribution in [1.29, 1.82) is 5.26 Å². The van der Waals surface area contributed by atoms with Gasteiger partial charge in [0, 0.05) is 5.69 Å². The molecule has 0 radical (unpaired) electrons. The van der Waals surface area contributed by atoms with Gasteiger partial charge in [-0.3, -0.25) is 4.79 Å². The topological polar surface area (TPSA) is 90.9 Å². The molecule has 0 atom stereocenters. The summed E-state index contributed by atoms with van der Waals surface area (Å²) in [4.78, 5) is 12.6. The van der Waals surface area contributed by atoms with Crippen molar-refractivity contribution in [2.24, 2.45) is 0 Å². The number of hydrogen-bond donors (Lipinski definition) is 3. The number of halogens is 1. The summed E-state index contributed by atoms with van der Waals surface area (Å²) in [6.45, 7) is 0. The first-order chi connectivity index (χ1) is 12.1. The van der Waals surface area contributed by atoms with Crippen molar-refractivity contribution in [2.75, 3.05) is 16.4 Å². The summed E-state index contributed by atoms with van der Waals surface area (Å²) in [6, 6.07) is 17.1. The van der Waals surface area contributed by atoms with Crippen LogP contribution in [0.25, 0.3) is 0 Å². The van der Waals surface area contributed by atoms with Gasteiger partial charge in [-0.25, -0.2) is 4.39 Å². The lowest BCUT2D eigenvalue weighted by Crippen LogP contribution is -2.13. The molecular formula is C18H13FN4OS. The van der Waals surface area contributed by atoms with Crippen LogP contribution >= 0.6 is 11.3 Å². The summed E-state index contributed by atoms with van der Waals surface area (Å²) in [6.07, 6.45) is 0. The highest BCUT2D eigenvalue weighted by Crippen LogP contribution is 2.37. The van der Waals surface area contributed by atoms with Gasteiger partial charge < -0.3 is 16.4 Å². The summed E-state index contributed by atoms with van der Waals surface area (Å²) in [7, 11) is 0. The molecule has 25 heavy (non-hydrogen) atoms. The second-order valence-corrected chi connectivity index (χ2v) is 6.11. The number of nitrogens with two attached hydrogens (primary N) is 1. The molecule has 5 nitrogen and oxygen atoms in total. The Labute approximate surface area is 147 Å². The first-order valence-corrected chi connectivity index (χ1v) is 8.12. The third kappa shape index (κ3) is 3.44. The molecule has 0 unspecified atom stereocenters. The van der Waals surface area contributed by atoms with Gasteiger partial charge in [0.15, 0.2) is 0 Å². The molecule has 1 amide bonds. The standard InChI is InChI=1S/C18H13FN4OS/c19-13-8-4-5-9-14(13)23-17(24)16-15(21)12(10-20)18(25-16)22-11-6-2-1-3-7-11/h1-9,22H,21H2,(H,23,24). The van der Waals surface area contributed by atoms with E-state index in [2.05, 4.69) is 10.6 Å². The van der Waals surface area contributed by atoms with Crippen molar-refractivity contribution in [3.8, 4) is 6.07 Å². The number of anilines is 4. The number of benzene rings is 2. The van der Waals surface area contributed by atoms with Gasteiger partial charge in [-0.2, -0.15) is 5.26 Å². The molecule has 2 aromatic carbocycles. The van der Waals surface area contributed by atoms with Gasteiger partial charge in [-0.05, 0) is 24.3 Å². The highest BCUT2D eigenvalue weighted by Gasteiger charge is 2.22. The Morgan fingerprint density at radius 2 is 1.80 bits per heavy atom. The number of carbonyl (C=O) groups excluding carboxylic acids is 1. The SMILES string of the molecule is N#Cc1c(Nc2ccccc2)sc(C(=O)Nc2ccccc2F)c1N. The highest BCUT2D eigenvalue weighted by atomic mass is 32.1. The number of nitrogens with one attached hydrogen (secondary N) is 2. The fourth-order valence-electron chi connectivity index (χ4n) is 2.21. The number of amides is 1. The molecule has 0 bridgehead atoms. The Morgan fingerprint density at radius 1 is 1.12 bits per heavy atom. The van der Waals surface area contributed by atoms with E-state index in [1.807, 2.05) is 36.4 Å². The van der Waals surface area contributed by atoms with E-state index in [1.54, 1.807) is 6.07 Å². The molecule has 7 heteroatoms. The number of thiophene rings is 1. The molecule has 1 heterocycles. The molecule has 0 saturated heterocycles. The Balaban J connectivity index is 1.91. The van der Waals surface area contributed by atoms with E-state index >= 15 is 0 Å². The molecule has 0 spiro atoms. The Hall–Kier alpha value is -3.37. The Bertz CT molecular complexity index is 963. The normalized spacial score (nSPS) is 10.1. The summed E-state index contributed by atoms with van der Waals surface area (Å²) in [5.74, 6) is -1.11. The first-order valence-electron chi connectivity index (χ1n) is 7.30. The van der Waals surface area contributed by atoms with Gasteiger partial charge in [-0.1, -0.05) is 30.3 Å². The summed E-state index contributed by atoms with van der Waals surface area (Å²) >= 11 is 1.05. The van der Waals surface area contributed by atoms with Gasteiger partial charge >= 0.3 is 0 Å². The average Bonchev–Trinajstić information content (AvgIpc) is 2.93. The Kier molecular flexibility index (Phi) is 4.64. The second kappa shape index (κ2) is 7.03. The highest BCUT2D eigenvalue weighted by molar-refractivity contribution is 7.19. The second-order valence-electron chi connectivity index (χ2n) is 5.09. The van der Waals surface area contributed by atoms with Crippen molar-refractivity contribution >= 4 is 39.3 Å². The van der Waals surface area contributed by atoms with Gasteiger partial charge in [0.2, 0.25) is 0 Å². The Morgan fingerprint density at radius 3 is 2.48 bits per heavy atom. The zero-order chi connectivity index (χ0) is 17.8. The lowest BCUT2D eigenvalue weighted by Gasteiger charge is -2.05. The predicted molar refractivity (Wildman–Crippen MR) is 97.5 cm³/mol. The molecule has 3 rings (SSSR count). The summed E-state index contributed by atoms with van der Waals surface area (Å²) < 4.78 is 13.7. The molecule has 0 aliphatic rings. The van der Waals surface area contributed by atoms with E-state index in [0.717, 1.165) is 17.0 Å². The molecule has 0 saturated carbocycles. The maximum atomic E-state index is 13.7. The average molecular weight is 352 g/mol. The van der Waals surface area contributed by atoms with Gasteiger partial charge in [0.1, 0.15) is 27.3 Å². The van der Waals surface area contributed by atoms with Crippen LogP contribution in [-0.4, -0.2) is 5.91 Å². The molecule has 124 valence electrons. The van der Waals surface area contributed by atoms with Gasteiger partial charge in [0.25, 0.3) is 5.91 Å². The van der Waals surface area contributed by atoms with Crippen LogP contribution in [0, 0.1) is 17.1 Å². The number of nitrogens with zero attached hydrogens (tertiary/aromatic N) is 1. The number of nitriles is 1. The van der Waals surface area contributed by atoms with Crippen LogP contribution in [0.4, 0.5) is 26.5 Å². The molecule has 4 N–H and O–H groups in total. The van der Waals surface area contributed by atoms with Crippen molar-refractivity contribution in [2.45, 2.75) is 0 Å². The van der Waals surface area contributed by atoms with Crippen LogP contribution in [-0.2, 0) is 0 Å². The van der Waals surface area contributed by atoms with Crippen molar-refractivity contribution < 1.29 is 9.18 Å². The van der Waals surface area contributed by atoms with E-state index in [1.165, 1.54) is 18.2 Å². The third-order valence-electron chi connectivity index (χ3n) is 3.42. The zero-order valence-electron chi connectivity index (χ0n) is 12.9. The lowest BCUT2D eigenvalue weighted by molar-refractivity contribution is 0.103. The summed E-state index contributed by atoms with van der Waals surface area (Å²) in [5.41, 5.74) is 7.03. The van der Waals surface area contributed by atoms with Crippen LogP contribution in [0.2, 0.25) is 0 Å². The fraction of sp³-hybridized carbons (Fsp3) is 0. The zero-order valence-corrected chi connectivity index (χ0v) is 13.7. The predicted octanol–water partition coefficient (Wildman–Crippen LogP) is 4.34. The van der Waals surface area contributed by atoms with Crippen LogP contribution in [0.15, 0.2) is 54.6 Å². The number of nitrogen functional groups attached to an aromatic ring is 1. The van der Waals surface area contributed by atoms with E-state index in [-0.39, 0.29) is 21.8 Å². The van der Waals surface area contributed by atoms with Crippen LogP contribution in [0.5, 0.6) is 0 Å². The monoisotopic (exact) mass is 352 g/mol. The van der Waals surface area contributed by atoms with Gasteiger partial charge in [-0.15, -0.1) is 11.3 Å². The molecule has 1 aromatic heterocycles. The minimum atomic E-state index is -0.565. The van der Waals surface area contributed by atoms with Crippen molar-refractivity contribution in [1.82, 2.24) is 0 Å². The van der Waals surface area contributed by atoms with E-state index in [0.29, 0.717) is 5.00 Å². The minimum Gasteiger partial charge on any atom is -0.396 e. The van der Waals surface area contributed by atoms with E-state index in [4.69, 9.17) is 5.73 Å². The molecule has 0 aliphatic heterocycles. The van der Waals surface area contributed by atoms with Crippen LogP contribution in [0.3, 0.4) is 0 Å². The molecular weight excluding hydrogens is 339 g/mol. The lowest BCUT2D eigenvalue weighted by atomic mass is 10.2. The quantitative estimate of drug-likeness (QED) is 0.651. The van der Waals surface area contributed by atoms with Gasteiger partial charge in [0.05, 0.1) is 11.4 Å². The maximum Gasteiger partial charge on any atom is 0.268 e. The number of hydrogen-bond acceptors (Lipinski definition) is 5. The maximum absolute atomic E-state index is 13.7. The van der Waals surface area contributed by atoms with Crippen molar-refractivity contribution in [3.63, 3.8) is 0 Å². The minimum absolute atomic E-state index is 0.0522. The van der Waals surface area contributed by atoms with E-state index in [9.17, 15) is 14.4 Å².